The summed E-state index contributed by atoms with van der Waals surface area (Å²) in [7, 11) is 0. The van der Waals surface area contributed by atoms with E-state index < -0.39 is 0 Å². The van der Waals surface area contributed by atoms with Crippen LogP contribution < -0.4 is 5.32 Å². The summed E-state index contributed by atoms with van der Waals surface area (Å²) in [4.78, 5) is 13.2. The van der Waals surface area contributed by atoms with Crippen LogP contribution in [0.1, 0.15) is 23.2 Å². The summed E-state index contributed by atoms with van der Waals surface area (Å²) in [6, 6.07) is 11.4. The fourth-order valence-electron chi connectivity index (χ4n) is 1.75. The second-order valence-electron chi connectivity index (χ2n) is 4.08. The zero-order chi connectivity index (χ0) is 14.4. The van der Waals surface area contributed by atoms with E-state index in [2.05, 4.69) is 12.2 Å². The Morgan fingerprint density at radius 1 is 1.25 bits per heavy atom. The summed E-state index contributed by atoms with van der Waals surface area (Å²) >= 11 is 3.37. The largest absolute Gasteiger partial charge is 0.455 e. The van der Waals surface area contributed by atoms with Crippen LogP contribution in [0.4, 0.5) is 5.69 Å². The second kappa shape index (κ2) is 7.45. The van der Waals surface area contributed by atoms with Crippen molar-refractivity contribution in [3.8, 4) is 0 Å². The highest BCUT2D eigenvalue weighted by Gasteiger charge is 2.13. The molecule has 1 aromatic heterocycles. The molecule has 0 aliphatic heterocycles. The SMILES string of the molecule is CCSc1ccccc1NC(=O)c1ccc(CSC)o1. The zero-order valence-electron chi connectivity index (χ0n) is 11.5. The van der Waals surface area contributed by atoms with Gasteiger partial charge < -0.3 is 9.73 Å². The molecule has 0 bridgehead atoms. The number of hydrogen-bond acceptors (Lipinski definition) is 4. The van der Waals surface area contributed by atoms with Crippen molar-refractivity contribution in [2.75, 3.05) is 17.3 Å². The molecule has 20 heavy (non-hydrogen) atoms. The van der Waals surface area contributed by atoms with Gasteiger partial charge >= 0.3 is 0 Å². The fourth-order valence-corrected chi connectivity index (χ4v) is 2.96. The summed E-state index contributed by atoms with van der Waals surface area (Å²) in [5, 5.41) is 2.91. The van der Waals surface area contributed by atoms with Gasteiger partial charge in [0, 0.05) is 4.90 Å². The molecule has 0 saturated heterocycles. The van der Waals surface area contributed by atoms with Gasteiger partial charge in [0.25, 0.3) is 5.91 Å². The number of rotatable bonds is 6. The maximum atomic E-state index is 12.2. The minimum atomic E-state index is -0.207. The number of furan rings is 1. The van der Waals surface area contributed by atoms with E-state index in [1.807, 2.05) is 36.6 Å². The molecule has 0 aliphatic carbocycles. The number of hydrogen-bond donors (Lipinski definition) is 1. The number of carbonyl (C=O) groups excluding carboxylic acids is 1. The van der Waals surface area contributed by atoms with Crippen LogP contribution in [0.3, 0.4) is 0 Å². The summed E-state index contributed by atoms with van der Waals surface area (Å²) in [5.74, 6) is 2.70. The van der Waals surface area contributed by atoms with Crippen LogP contribution in [-0.4, -0.2) is 17.9 Å². The lowest BCUT2D eigenvalue weighted by Gasteiger charge is -2.08. The van der Waals surface area contributed by atoms with Gasteiger partial charge in [0.05, 0.1) is 11.4 Å². The van der Waals surface area contributed by atoms with Gasteiger partial charge in [-0.1, -0.05) is 19.1 Å². The molecule has 1 heterocycles. The number of carbonyl (C=O) groups is 1. The van der Waals surface area contributed by atoms with Gasteiger partial charge in [-0.25, -0.2) is 0 Å². The molecule has 0 atom stereocenters. The van der Waals surface area contributed by atoms with Gasteiger partial charge in [0.1, 0.15) is 5.76 Å². The highest BCUT2D eigenvalue weighted by atomic mass is 32.2. The van der Waals surface area contributed by atoms with Crippen molar-refractivity contribution in [2.24, 2.45) is 0 Å². The molecule has 0 aliphatic rings. The fraction of sp³-hybridized carbons (Fsp3) is 0.267. The highest BCUT2D eigenvalue weighted by molar-refractivity contribution is 7.99. The first kappa shape index (κ1) is 15.1. The minimum absolute atomic E-state index is 0.207. The lowest BCUT2D eigenvalue weighted by atomic mass is 10.3. The van der Waals surface area contributed by atoms with Crippen LogP contribution in [0.2, 0.25) is 0 Å². The minimum Gasteiger partial charge on any atom is -0.455 e. The molecule has 0 saturated carbocycles. The normalized spacial score (nSPS) is 10.5. The molecule has 3 nitrogen and oxygen atoms in total. The molecule has 1 amide bonds. The van der Waals surface area contributed by atoms with Crippen molar-refractivity contribution >= 4 is 35.1 Å². The molecule has 0 spiro atoms. The van der Waals surface area contributed by atoms with Crippen molar-refractivity contribution in [2.45, 2.75) is 17.6 Å². The van der Waals surface area contributed by atoms with E-state index in [4.69, 9.17) is 4.42 Å². The number of para-hydroxylation sites is 1. The maximum Gasteiger partial charge on any atom is 0.291 e. The third kappa shape index (κ3) is 3.84. The number of anilines is 1. The van der Waals surface area contributed by atoms with E-state index in [9.17, 15) is 4.79 Å². The second-order valence-corrected chi connectivity index (χ2v) is 6.25. The van der Waals surface area contributed by atoms with Crippen molar-refractivity contribution in [1.82, 2.24) is 0 Å². The van der Waals surface area contributed by atoms with Crippen molar-refractivity contribution in [3.05, 3.63) is 47.9 Å². The van der Waals surface area contributed by atoms with E-state index in [0.29, 0.717) is 5.76 Å². The highest BCUT2D eigenvalue weighted by Crippen LogP contribution is 2.27. The summed E-state index contributed by atoms with van der Waals surface area (Å²) < 4.78 is 5.52. The van der Waals surface area contributed by atoms with Gasteiger partial charge in [0.15, 0.2) is 5.76 Å². The molecule has 0 radical (unpaired) electrons. The molecule has 2 rings (SSSR count). The van der Waals surface area contributed by atoms with E-state index in [0.717, 1.165) is 27.8 Å². The van der Waals surface area contributed by atoms with Crippen molar-refractivity contribution in [3.63, 3.8) is 0 Å². The standard InChI is InChI=1S/C15H17NO2S2/c1-3-20-14-7-5-4-6-12(14)16-15(17)13-9-8-11(18-13)10-19-2/h4-9H,3,10H2,1-2H3,(H,16,17). The molecule has 0 unspecified atom stereocenters. The quantitative estimate of drug-likeness (QED) is 0.797. The van der Waals surface area contributed by atoms with Gasteiger partial charge in [-0.2, -0.15) is 11.8 Å². The van der Waals surface area contributed by atoms with Gasteiger partial charge in [-0.3, -0.25) is 4.79 Å². The van der Waals surface area contributed by atoms with Crippen LogP contribution in [0, 0.1) is 0 Å². The Bertz CT molecular complexity index is 581. The monoisotopic (exact) mass is 307 g/mol. The zero-order valence-corrected chi connectivity index (χ0v) is 13.1. The molecule has 106 valence electrons. The first-order valence-corrected chi connectivity index (χ1v) is 8.73. The van der Waals surface area contributed by atoms with E-state index in [1.165, 1.54) is 0 Å². The average molecular weight is 307 g/mol. The van der Waals surface area contributed by atoms with Crippen LogP contribution >= 0.6 is 23.5 Å². The predicted molar refractivity (Wildman–Crippen MR) is 86.7 cm³/mol. The molecular formula is C15H17NO2S2. The molecule has 0 fully saturated rings. The van der Waals surface area contributed by atoms with Crippen LogP contribution in [0.15, 0.2) is 45.7 Å². The van der Waals surface area contributed by atoms with Crippen LogP contribution in [0.25, 0.3) is 0 Å². The maximum absolute atomic E-state index is 12.2. The van der Waals surface area contributed by atoms with Crippen molar-refractivity contribution < 1.29 is 9.21 Å². The summed E-state index contributed by atoms with van der Waals surface area (Å²) in [6.45, 7) is 2.09. The number of thioether (sulfide) groups is 2. The van der Waals surface area contributed by atoms with E-state index in [-0.39, 0.29) is 5.91 Å². The molecule has 5 heteroatoms. The lowest BCUT2D eigenvalue weighted by Crippen LogP contribution is -2.11. The third-order valence-corrected chi connectivity index (χ3v) is 4.14. The Morgan fingerprint density at radius 2 is 2.05 bits per heavy atom. The Hall–Kier alpha value is -1.33. The van der Waals surface area contributed by atoms with Crippen LogP contribution in [0.5, 0.6) is 0 Å². The van der Waals surface area contributed by atoms with Gasteiger partial charge in [0.2, 0.25) is 0 Å². The molecule has 2 aromatic rings. The van der Waals surface area contributed by atoms with Crippen molar-refractivity contribution in [1.29, 1.82) is 0 Å². The average Bonchev–Trinajstić information content (AvgIpc) is 2.90. The lowest BCUT2D eigenvalue weighted by molar-refractivity contribution is 0.0995. The first-order chi connectivity index (χ1) is 9.74. The number of nitrogens with one attached hydrogen (secondary N) is 1. The molecular weight excluding hydrogens is 290 g/mol. The number of amides is 1. The van der Waals surface area contributed by atoms with E-state index in [1.54, 1.807) is 29.6 Å². The van der Waals surface area contributed by atoms with E-state index >= 15 is 0 Å². The first-order valence-electron chi connectivity index (χ1n) is 6.35. The number of benzene rings is 1. The Labute approximate surface area is 127 Å². The predicted octanol–water partition coefficient (Wildman–Crippen LogP) is 4.51. The summed E-state index contributed by atoms with van der Waals surface area (Å²) in [6.07, 6.45) is 2.00. The Balaban J connectivity index is 2.10. The van der Waals surface area contributed by atoms with Gasteiger partial charge in [-0.05, 0) is 36.3 Å². The smallest absolute Gasteiger partial charge is 0.291 e. The van der Waals surface area contributed by atoms with Crippen LogP contribution in [-0.2, 0) is 5.75 Å². The Morgan fingerprint density at radius 3 is 2.80 bits per heavy atom. The topological polar surface area (TPSA) is 42.2 Å². The Kier molecular flexibility index (Phi) is 5.61. The third-order valence-electron chi connectivity index (χ3n) is 2.61. The molecule has 1 N–H and O–H groups in total. The summed E-state index contributed by atoms with van der Waals surface area (Å²) in [5.41, 5.74) is 0.826. The molecule has 1 aromatic carbocycles. The van der Waals surface area contributed by atoms with Gasteiger partial charge in [-0.15, -0.1) is 11.8 Å².